The average molecular weight is 475 g/mol. The molecule has 1 heterocycles. The van der Waals surface area contributed by atoms with E-state index in [0.717, 1.165) is 18.4 Å². The van der Waals surface area contributed by atoms with E-state index >= 15 is 0 Å². The second-order valence-corrected chi connectivity index (χ2v) is 11.0. The molecule has 0 radical (unpaired) electrons. The van der Waals surface area contributed by atoms with Crippen molar-refractivity contribution in [3.63, 3.8) is 0 Å². The molecule has 0 bridgehead atoms. The summed E-state index contributed by atoms with van der Waals surface area (Å²) in [6.07, 6.45) is 8.06. The van der Waals surface area contributed by atoms with Crippen molar-refractivity contribution in [2.24, 2.45) is 23.7 Å². The molecular formula is C30H34O5. The van der Waals surface area contributed by atoms with E-state index in [2.05, 4.69) is 26.8 Å². The van der Waals surface area contributed by atoms with Gasteiger partial charge in [-0.1, -0.05) is 56.7 Å². The van der Waals surface area contributed by atoms with E-state index in [4.69, 9.17) is 4.74 Å². The third kappa shape index (κ3) is 3.76. The van der Waals surface area contributed by atoms with E-state index in [-0.39, 0.29) is 28.5 Å². The number of phenolic OH excluding ortho intramolecular Hbond substituents is 2. The van der Waals surface area contributed by atoms with E-state index in [1.165, 1.54) is 18.4 Å². The fraction of sp³-hybridized carbons (Fsp3) is 0.467. The van der Waals surface area contributed by atoms with Gasteiger partial charge in [-0.15, -0.1) is 0 Å². The van der Waals surface area contributed by atoms with Gasteiger partial charge < -0.3 is 14.9 Å². The lowest BCUT2D eigenvalue weighted by Crippen LogP contribution is -2.45. The third-order valence-corrected chi connectivity index (χ3v) is 8.74. The Morgan fingerprint density at radius 2 is 1.71 bits per heavy atom. The van der Waals surface area contributed by atoms with Crippen molar-refractivity contribution in [1.29, 1.82) is 0 Å². The molecule has 5 nitrogen and oxygen atoms in total. The Hall–Kier alpha value is -3.08. The highest BCUT2D eigenvalue weighted by Crippen LogP contribution is 2.57. The Morgan fingerprint density at radius 1 is 1.00 bits per heavy atom. The number of phenols is 2. The predicted molar refractivity (Wildman–Crippen MR) is 134 cm³/mol. The van der Waals surface area contributed by atoms with Crippen LogP contribution < -0.4 is 4.74 Å². The molecule has 2 N–H and O–H groups in total. The fourth-order valence-corrected chi connectivity index (χ4v) is 6.89. The van der Waals surface area contributed by atoms with Gasteiger partial charge in [-0.2, -0.15) is 0 Å². The highest BCUT2D eigenvalue weighted by molar-refractivity contribution is 5.95. The minimum Gasteiger partial charge on any atom is -0.507 e. The van der Waals surface area contributed by atoms with Gasteiger partial charge in [0.2, 0.25) is 0 Å². The molecule has 1 saturated carbocycles. The molecule has 0 aromatic heterocycles. The second-order valence-electron chi connectivity index (χ2n) is 11.0. The lowest BCUT2D eigenvalue weighted by Gasteiger charge is -2.49. The number of fused-ring (bicyclic) bond motifs is 2. The van der Waals surface area contributed by atoms with Gasteiger partial charge in [0, 0.05) is 17.9 Å². The number of hydrogen-bond acceptors (Lipinski definition) is 5. The maximum Gasteiger partial charge on any atom is 0.157 e. The Balaban J connectivity index is 1.73. The molecule has 5 rings (SSSR count). The fourth-order valence-electron chi connectivity index (χ4n) is 6.89. The first kappa shape index (κ1) is 23.7. The largest absolute Gasteiger partial charge is 0.507 e. The summed E-state index contributed by atoms with van der Waals surface area (Å²) >= 11 is 0. The summed E-state index contributed by atoms with van der Waals surface area (Å²) in [5.41, 5.74) is 1.85. The highest BCUT2D eigenvalue weighted by Gasteiger charge is 2.48. The van der Waals surface area contributed by atoms with E-state index in [1.807, 2.05) is 30.3 Å². The number of ether oxygens (including phenoxy) is 1. The monoisotopic (exact) mass is 474 g/mol. The number of rotatable bonds is 4. The predicted octanol–water partition coefficient (Wildman–Crippen LogP) is 6.41. The zero-order chi connectivity index (χ0) is 24.9. The van der Waals surface area contributed by atoms with Crippen molar-refractivity contribution in [3.05, 3.63) is 64.2 Å². The molecule has 0 saturated heterocycles. The number of aromatic hydroxyl groups is 2. The smallest absolute Gasteiger partial charge is 0.157 e. The summed E-state index contributed by atoms with van der Waals surface area (Å²) in [5, 5.41) is 21.8. The van der Waals surface area contributed by atoms with Crippen LogP contribution in [-0.2, 0) is 0 Å². The minimum absolute atomic E-state index is 0.0714. The first-order valence-electron chi connectivity index (χ1n) is 12.8. The van der Waals surface area contributed by atoms with Gasteiger partial charge in [-0.3, -0.25) is 9.59 Å². The molecule has 184 valence electrons. The Morgan fingerprint density at radius 3 is 2.37 bits per heavy atom. The molecule has 5 unspecified atom stereocenters. The van der Waals surface area contributed by atoms with Crippen molar-refractivity contribution >= 4 is 12.6 Å². The lowest BCUT2D eigenvalue weighted by atomic mass is 9.60. The number of hydrogen-bond donors (Lipinski definition) is 2. The maximum atomic E-state index is 12.2. The number of allylic oxidation sites excluding steroid dienone is 1. The topological polar surface area (TPSA) is 83.8 Å². The van der Waals surface area contributed by atoms with Crippen molar-refractivity contribution < 1.29 is 24.5 Å². The van der Waals surface area contributed by atoms with Crippen LogP contribution in [0.4, 0.5) is 0 Å². The van der Waals surface area contributed by atoms with Crippen LogP contribution >= 0.6 is 0 Å². The molecule has 2 aliphatic carbocycles. The van der Waals surface area contributed by atoms with Crippen molar-refractivity contribution in [2.75, 3.05) is 0 Å². The average Bonchev–Trinajstić information content (AvgIpc) is 2.84. The molecule has 2 aromatic rings. The van der Waals surface area contributed by atoms with E-state index < -0.39 is 11.4 Å². The van der Waals surface area contributed by atoms with Crippen molar-refractivity contribution in [2.45, 2.75) is 64.4 Å². The van der Waals surface area contributed by atoms with Crippen molar-refractivity contribution in [3.8, 4) is 17.2 Å². The molecule has 5 heteroatoms. The van der Waals surface area contributed by atoms with Gasteiger partial charge >= 0.3 is 0 Å². The van der Waals surface area contributed by atoms with Crippen LogP contribution in [0.5, 0.6) is 17.2 Å². The van der Waals surface area contributed by atoms with Gasteiger partial charge in [-0.05, 0) is 61.0 Å². The first-order valence-corrected chi connectivity index (χ1v) is 12.8. The SMILES string of the molecule is CC(C)C1CCC(C)C2CCC3(C=C12)CC(c1ccccc1)c1c(O)c(C=O)c(O)c(C=O)c1O3. The van der Waals surface area contributed by atoms with Crippen molar-refractivity contribution in [1.82, 2.24) is 0 Å². The summed E-state index contributed by atoms with van der Waals surface area (Å²) in [6, 6.07) is 9.83. The molecule has 2 aromatic carbocycles. The quantitative estimate of drug-likeness (QED) is 0.395. The van der Waals surface area contributed by atoms with Gasteiger partial charge in [0.1, 0.15) is 22.8 Å². The molecule has 3 aliphatic rings. The third-order valence-electron chi connectivity index (χ3n) is 8.74. The minimum atomic E-state index is -0.650. The molecular weight excluding hydrogens is 440 g/mol. The first-order chi connectivity index (χ1) is 16.8. The Bertz CT molecular complexity index is 1180. The number of carbonyl (C=O) groups excluding carboxylic acids is 2. The lowest BCUT2D eigenvalue weighted by molar-refractivity contribution is 0.0487. The molecule has 1 spiro atoms. The highest BCUT2D eigenvalue weighted by atomic mass is 16.5. The normalized spacial score (nSPS) is 29.7. The maximum absolute atomic E-state index is 12.2. The molecule has 1 aliphatic heterocycles. The van der Waals surface area contributed by atoms with Crippen LogP contribution in [0.2, 0.25) is 0 Å². The van der Waals surface area contributed by atoms with Crippen LogP contribution in [0.1, 0.15) is 90.6 Å². The van der Waals surface area contributed by atoms with Crippen LogP contribution in [0.25, 0.3) is 0 Å². The Labute approximate surface area is 206 Å². The van der Waals surface area contributed by atoms with Crippen LogP contribution in [-0.4, -0.2) is 28.4 Å². The standard InChI is InChI=1S/C30H34O5/c1-17(2)20-10-9-18(3)21-11-12-30(14-23(20)21)13-22(19-7-5-4-6-8-19)26-28(34)24(15-31)27(33)25(16-32)29(26)35-30/h4-8,14-18,20-22,33-34H,9-13H2,1-3H3. The van der Waals surface area contributed by atoms with Gasteiger partial charge in [0.05, 0.1) is 11.1 Å². The summed E-state index contributed by atoms with van der Waals surface area (Å²) in [4.78, 5) is 23.9. The molecule has 1 fully saturated rings. The summed E-state index contributed by atoms with van der Waals surface area (Å²) in [6.45, 7) is 6.91. The summed E-state index contributed by atoms with van der Waals surface area (Å²) < 4.78 is 6.66. The molecule has 5 atom stereocenters. The van der Waals surface area contributed by atoms with Crippen LogP contribution in [0.3, 0.4) is 0 Å². The van der Waals surface area contributed by atoms with Crippen LogP contribution in [0.15, 0.2) is 42.0 Å². The van der Waals surface area contributed by atoms with Gasteiger partial charge in [-0.25, -0.2) is 0 Å². The molecule has 0 amide bonds. The Kier molecular flexibility index (Phi) is 5.98. The number of aldehydes is 2. The molecule has 35 heavy (non-hydrogen) atoms. The van der Waals surface area contributed by atoms with E-state index in [0.29, 0.717) is 48.2 Å². The summed E-state index contributed by atoms with van der Waals surface area (Å²) in [5.74, 6) is 1.26. The van der Waals surface area contributed by atoms with E-state index in [9.17, 15) is 19.8 Å². The number of carbonyl (C=O) groups is 2. The van der Waals surface area contributed by atoms with Gasteiger partial charge in [0.25, 0.3) is 0 Å². The van der Waals surface area contributed by atoms with E-state index in [1.54, 1.807) is 0 Å². The second kappa shape index (κ2) is 8.85. The summed E-state index contributed by atoms with van der Waals surface area (Å²) in [7, 11) is 0. The van der Waals surface area contributed by atoms with Crippen LogP contribution in [0, 0.1) is 23.7 Å². The number of benzene rings is 2. The zero-order valence-corrected chi connectivity index (χ0v) is 20.7. The van der Waals surface area contributed by atoms with Gasteiger partial charge in [0.15, 0.2) is 12.6 Å². The zero-order valence-electron chi connectivity index (χ0n) is 20.7.